The van der Waals surface area contributed by atoms with Gasteiger partial charge in [0.05, 0.1) is 25.3 Å². The van der Waals surface area contributed by atoms with Gasteiger partial charge in [-0.15, -0.1) is 0 Å². The zero-order valence-electron chi connectivity index (χ0n) is 33.7. The first-order chi connectivity index (χ1) is 29.0. The molecule has 14 nitrogen and oxygen atoms in total. The van der Waals surface area contributed by atoms with Gasteiger partial charge in [0, 0.05) is 38.3 Å². The molecule has 0 radical (unpaired) electrons. The van der Waals surface area contributed by atoms with Crippen molar-refractivity contribution >= 4 is 46.0 Å². The van der Waals surface area contributed by atoms with Crippen molar-refractivity contribution in [2.75, 3.05) is 44.7 Å². The number of hydrogen-bond acceptors (Lipinski definition) is 9. The maximum Gasteiger partial charge on any atom is 0.314 e. The Morgan fingerprint density at radius 2 is 1.07 bits per heavy atom. The zero-order valence-corrected chi connectivity index (χ0v) is 33.7. The SMILES string of the molecule is COc1ccc(N(C)C(=O)[C@H](Cc2ccccc2)NC(=O)COc2nc3ccccc3n(CC(=O)N[C@@H](Cc3ccccc3)C(=O)N(C)c3ccc(OC)cc3)c2=O)cc1. The Labute approximate surface area is 347 Å². The third-order valence-corrected chi connectivity index (χ3v) is 9.88. The number of hydrogen-bond donors (Lipinski definition) is 2. The van der Waals surface area contributed by atoms with E-state index in [0.29, 0.717) is 33.9 Å². The Morgan fingerprint density at radius 3 is 1.55 bits per heavy atom. The number of carbonyl (C=O) groups excluding carboxylic acids is 4. The van der Waals surface area contributed by atoms with Crippen LogP contribution in [0.3, 0.4) is 0 Å². The van der Waals surface area contributed by atoms with E-state index in [1.54, 1.807) is 101 Å². The largest absolute Gasteiger partial charge is 0.497 e. The van der Waals surface area contributed by atoms with Crippen molar-refractivity contribution < 1.29 is 33.4 Å². The standard InChI is InChI=1S/C46H46N6O8/c1-50(33-19-23-35(58-3)24-20-33)44(55)38(27-31-13-7-5-8-14-31)47-41(53)29-52-40-18-12-11-17-37(40)49-43(46(52)57)60-30-42(54)48-39(28-32-15-9-6-10-16-32)45(56)51(2)34-21-25-36(59-4)26-22-34/h5-26,38-39H,27-30H2,1-4H3,(H,47,53)(H,48,54)/t38-,39-/m0/s1. The molecule has 0 aliphatic heterocycles. The van der Waals surface area contributed by atoms with Crippen molar-refractivity contribution in [2.45, 2.75) is 31.5 Å². The van der Waals surface area contributed by atoms with Crippen LogP contribution in [0.2, 0.25) is 0 Å². The molecule has 0 fully saturated rings. The van der Waals surface area contributed by atoms with Gasteiger partial charge in [0.1, 0.15) is 30.1 Å². The summed E-state index contributed by atoms with van der Waals surface area (Å²) in [7, 11) is 6.33. The maximum absolute atomic E-state index is 14.0. The van der Waals surface area contributed by atoms with Crippen LogP contribution in [0.15, 0.2) is 138 Å². The number of nitrogens with zero attached hydrogens (tertiary/aromatic N) is 4. The molecule has 0 aliphatic rings. The average molecular weight is 811 g/mol. The fourth-order valence-corrected chi connectivity index (χ4v) is 6.61. The van der Waals surface area contributed by atoms with Crippen molar-refractivity contribution in [1.82, 2.24) is 20.2 Å². The van der Waals surface area contributed by atoms with Crippen molar-refractivity contribution in [1.29, 1.82) is 0 Å². The number of ether oxygens (including phenoxy) is 3. The lowest BCUT2D eigenvalue weighted by Crippen LogP contribution is -2.50. The number of methoxy groups -OCH3 is 2. The van der Waals surface area contributed by atoms with Crippen LogP contribution >= 0.6 is 0 Å². The number of benzene rings is 5. The van der Waals surface area contributed by atoms with E-state index in [1.807, 2.05) is 60.7 Å². The molecular weight excluding hydrogens is 765 g/mol. The van der Waals surface area contributed by atoms with Crippen LogP contribution in [-0.4, -0.2) is 80.2 Å². The van der Waals surface area contributed by atoms with Crippen molar-refractivity contribution in [3.8, 4) is 17.4 Å². The number of amides is 4. The van der Waals surface area contributed by atoms with Crippen LogP contribution in [0.4, 0.5) is 11.4 Å². The van der Waals surface area contributed by atoms with Gasteiger partial charge in [0.2, 0.25) is 17.7 Å². The lowest BCUT2D eigenvalue weighted by molar-refractivity contribution is -0.128. The van der Waals surface area contributed by atoms with Crippen LogP contribution in [-0.2, 0) is 38.6 Å². The summed E-state index contributed by atoms with van der Waals surface area (Å²) in [6, 6.07) is 37.1. The predicted molar refractivity (Wildman–Crippen MR) is 228 cm³/mol. The number of nitrogens with one attached hydrogen (secondary N) is 2. The number of aromatic nitrogens is 2. The molecule has 0 saturated carbocycles. The molecule has 0 unspecified atom stereocenters. The molecule has 308 valence electrons. The first kappa shape index (κ1) is 42.1. The summed E-state index contributed by atoms with van der Waals surface area (Å²) in [5.74, 6) is -1.21. The molecule has 4 amide bonds. The average Bonchev–Trinajstić information content (AvgIpc) is 3.28. The van der Waals surface area contributed by atoms with Gasteiger partial charge in [0.25, 0.3) is 11.8 Å². The molecule has 5 aromatic carbocycles. The van der Waals surface area contributed by atoms with E-state index >= 15 is 0 Å². The highest BCUT2D eigenvalue weighted by atomic mass is 16.5. The Kier molecular flexibility index (Phi) is 13.9. The van der Waals surface area contributed by atoms with E-state index in [1.165, 1.54) is 14.4 Å². The Balaban J connectivity index is 1.20. The summed E-state index contributed by atoms with van der Waals surface area (Å²) in [5.41, 5.74) is 2.72. The van der Waals surface area contributed by atoms with Gasteiger partial charge in [0.15, 0.2) is 6.61 Å². The van der Waals surface area contributed by atoms with E-state index in [2.05, 4.69) is 15.6 Å². The molecule has 60 heavy (non-hydrogen) atoms. The van der Waals surface area contributed by atoms with Gasteiger partial charge >= 0.3 is 5.56 Å². The van der Waals surface area contributed by atoms with Crippen LogP contribution in [0.5, 0.6) is 17.4 Å². The maximum atomic E-state index is 14.0. The van der Waals surface area contributed by atoms with Crippen LogP contribution in [0, 0.1) is 0 Å². The lowest BCUT2D eigenvalue weighted by atomic mass is 10.0. The quantitative estimate of drug-likeness (QED) is 0.135. The molecule has 0 saturated heterocycles. The van der Waals surface area contributed by atoms with Gasteiger partial charge < -0.3 is 34.6 Å². The second-order valence-electron chi connectivity index (χ2n) is 13.9. The van der Waals surface area contributed by atoms with Crippen LogP contribution < -0.4 is 40.2 Å². The molecule has 2 N–H and O–H groups in total. The number of carbonyl (C=O) groups is 4. The minimum Gasteiger partial charge on any atom is -0.497 e. The van der Waals surface area contributed by atoms with Gasteiger partial charge in [-0.25, -0.2) is 4.98 Å². The number of rotatable bonds is 17. The number of fused-ring (bicyclic) bond motifs is 1. The summed E-state index contributed by atoms with van der Waals surface area (Å²) in [4.78, 5) is 76.3. The molecule has 1 aromatic heterocycles. The minimum atomic E-state index is -0.995. The zero-order chi connectivity index (χ0) is 42.6. The van der Waals surface area contributed by atoms with Crippen molar-refractivity contribution in [2.24, 2.45) is 0 Å². The molecule has 0 aliphatic carbocycles. The normalized spacial score (nSPS) is 11.8. The molecule has 6 rings (SSSR count). The highest BCUT2D eigenvalue weighted by molar-refractivity contribution is 6.00. The van der Waals surface area contributed by atoms with E-state index in [9.17, 15) is 24.0 Å². The second kappa shape index (κ2) is 19.8. The van der Waals surface area contributed by atoms with E-state index < -0.39 is 48.5 Å². The molecule has 1 heterocycles. The van der Waals surface area contributed by atoms with Gasteiger partial charge in [-0.05, 0) is 71.8 Å². The summed E-state index contributed by atoms with van der Waals surface area (Å²) in [6.45, 7) is -1.14. The first-order valence-corrected chi connectivity index (χ1v) is 19.2. The van der Waals surface area contributed by atoms with Crippen molar-refractivity contribution in [3.05, 3.63) is 155 Å². The highest BCUT2D eigenvalue weighted by Crippen LogP contribution is 2.21. The lowest BCUT2D eigenvalue weighted by Gasteiger charge is -2.25. The summed E-state index contributed by atoms with van der Waals surface area (Å²) < 4.78 is 17.4. The second-order valence-corrected chi connectivity index (χ2v) is 13.9. The van der Waals surface area contributed by atoms with E-state index in [-0.39, 0.29) is 24.7 Å². The number of likely N-dealkylation sites (N-methyl/N-ethyl adjacent to an activating group) is 2. The smallest absolute Gasteiger partial charge is 0.314 e. The summed E-state index contributed by atoms with van der Waals surface area (Å²) in [6.07, 6.45) is 0.372. The molecule has 6 aromatic rings. The fraction of sp³-hybridized carbons (Fsp3) is 0.217. The molecule has 2 atom stereocenters. The third kappa shape index (κ3) is 10.5. The van der Waals surface area contributed by atoms with Crippen molar-refractivity contribution in [3.63, 3.8) is 0 Å². The minimum absolute atomic E-state index is 0.186. The molecule has 14 heteroatoms. The summed E-state index contributed by atoms with van der Waals surface area (Å²) >= 11 is 0. The van der Waals surface area contributed by atoms with Crippen LogP contribution in [0.25, 0.3) is 11.0 Å². The molecule has 0 bridgehead atoms. The van der Waals surface area contributed by atoms with E-state index in [4.69, 9.17) is 14.2 Å². The molecule has 0 spiro atoms. The Hall–Kier alpha value is -7.48. The third-order valence-electron chi connectivity index (χ3n) is 9.88. The van der Waals surface area contributed by atoms with Gasteiger partial charge in [-0.3, -0.25) is 28.5 Å². The Bertz CT molecular complexity index is 2480. The number of para-hydroxylation sites is 2. The van der Waals surface area contributed by atoms with Gasteiger partial charge in [-0.2, -0.15) is 0 Å². The molecular formula is C46H46N6O8. The number of anilines is 2. The fourth-order valence-electron chi connectivity index (χ4n) is 6.61. The highest BCUT2D eigenvalue weighted by Gasteiger charge is 2.28. The van der Waals surface area contributed by atoms with E-state index in [0.717, 1.165) is 11.1 Å². The van der Waals surface area contributed by atoms with Gasteiger partial charge in [-0.1, -0.05) is 72.8 Å². The monoisotopic (exact) mass is 810 g/mol. The predicted octanol–water partition coefficient (Wildman–Crippen LogP) is 4.57. The van der Waals surface area contributed by atoms with Crippen LogP contribution in [0.1, 0.15) is 11.1 Å². The summed E-state index contributed by atoms with van der Waals surface area (Å²) in [5, 5.41) is 5.61. The topological polar surface area (TPSA) is 161 Å². The first-order valence-electron chi connectivity index (χ1n) is 19.2. The Morgan fingerprint density at radius 1 is 0.617 bits per heavy atom.